The van der Waals surface area contributed by atoms with Crippen molar-refractivity contribution in [3.63, 3.8) is 0 Å². The molecule has 0 aromatic rings. The maximum Gasteiger partial charge on any atom is 0.0563 e. The third kappa shape index (κ3) is 4.55. The molecule has 0 bridgehead atoms. The molecule has 0 amide bonds. The zero-order valence-electron chi connectivity index (χ0n) is 6.95. The van der Waals surface area contributed by atoms with E-state index in [1.165, 1.54) is 18.5 Å². The molecular formula is C7H18IP. The lowest BCUT2D eigenvalue weighted by molar-refractivity contribution is -0.00000202. The monoisotopic (exact) mass is 260 g/mol. The molecule has 0 aromatic carbocycles. The minimum atomic E-state index is -0.412. The molecule has 0 nitrogen and oxygen atoms in total. The summed E-state index contributed by atoms with van der Waals surface area (Å²) < 4.78 is 0. The van der Waals surface area contributed by atoms with Gasteiger partial charge in [0.15, 0.2) is 0 Å². The Morgan fingerprint density at radius 2 is 1.11 bits per heavy atom. The molecule has 0 fully saturated rings. The van der Waals surface area contributed by atoms with Gasteiger partial charge in [-0.2, -0.15) is 0 Å². The summed E-state index contributed by atoms with van der Waals surface area (Å²) in [6.45, 7) is 9.43. The summed E-state index contributed by atoms with van der Waals surface area (Å²) in [5, 5.41) is 0. The average Bonchev–Trinajstić information content (AvgIpc) is 1.87. The first kappa shape index (κ1) is 12.8. The van der Waals surface area contributed by atoms with Crippen molar-refractivity contribution < 1.29 is 24.0 Å². The normalized spacial score (nSPS) is 10.7. The summed E-state index contributed by atoms with van der Waals surface area (Å²) in [7, 11) is -0.412. The smallest absolute Gasteiger partial charge is 0.0563 e. The van der Waals surface area contributed by atoms with E-state index >= 15 is 0 Å². The van der Waals surface area contributed by atoms with Crippen molar-refractivity contribution in [1.29, 1.82) is 0 Å². The lowest BCUT2D eigenvalue weighted by Gasteiger charge is -2.16. The summed E-state index contributed by atoms with van der Waals surface area (Å²) in [4.78, 5) is 0. The van der Waals surface area contributed by atoms with E-state index in [0.29, 0.717) is 0 Å². The molecule has 58 valence electrons. The van der Waals surface area contributed by atoms with E-state index < -0.39 is 7.26 Å². The molecule has 0 aliphatic rings. The second-order valence-corrected chi connectivity index (χ2v) is 7.70. The second-order valence-electron chi connectivity index (χ2n) is 2.57. The van der Waals surface area contributed by atoms with Gasteiger partial charge >= 0.3 is 0 Å². The van der Waals surface area contributed by atoms with E-state index in [1.54, 1.807) is 0 Å². The molecule has 2 heteroatoms. The summed E-state index contributed by atoms with van der Waals surface area (Å²) in [6, 6.07) is 0. The maximum absolute atomic E-state index is 2.47. The largest absolute Gasteiger partial charge is 1.00 e. The minimum absolute atomic E-state index is 0. The van der Waals surface area contributed by atoms with Crippen LogP contribution < -0.4 is 24.0 Å². The number of rotatable bonds is 3. The molecule has 0 aliphatic heterocycles. The zero-order valence-corrected chi connectivity index (χ0v) is 10.00. The Morgan fingerprint density at radius 3 is 1.11 bits per heavy atom. The van der Waals surface area contributed by atoms with E-state index in [4.69, 9.17) is 0 Å². The van der Waals surface area contributed by atoms with Gasteiger partial charge in [0.1, 0.15) is 0 Å². The number of hydrogen-bond acceptors (Lipinski definition) is 0. The van der Waals surface area contributed by atoms with Gasteiger partial charge < -0.3 is 24.0 Å². The molecule has 0 unspecified atom stereocenters. The van der Waals surface area contributed by atoms with Gasteiger partial charge in [-0.25, -0.2) is 0 Å². The van der Waals surface area contributed by atoms with Crippen LogP contribution in [0.2, 0.25) is 0 Å². The van der Waals surface area contributed by atoms with Crippen LogP contribution in [0.5, 0.6) is 0 Å². The van der Waals surface area contributed by atoms with E-state index in [-0.39, 0.29) is 24.0 Å². The second kappa shape index (κ2) is 5.91. The van der Waals surface area contributed by atoms with E-state index in [9.17, 15) is 0 Å². The fourth-order valence-corrected chi connectivity index (χ4v) is 2.01. The predicted molar refractivity (Wildman–Crippen MR) is 44.5 cm³/mol. The molecule has 0 radical (unpaired) electrons. The topological polar surface area (TPSA) is 0 Å². The van der Waals surface area contributed by atoms with E-state index in [1.807, 2.05) is 0 Å². The third-order valence-electron chi connectivity index (χ3n) is 2.29. The standard InChI is InChI=1S/C7H18P.HI/c1-5-8(4,6-2)7-3;/h5-7H2,1-4H3;1H/q+1;/p-1. The lowest BCUT2D eigenvalue weighted by Crippen LogP contribution is -3.00. The van der Waals surface area contributed by atoms with Crippen molar-refractivity contribution in [3.05, 3.63) is 0 Å². The Labute approximate surface area is 77.2 Å². The van der Waals surface area contributed by atoms with Crippen LogP contribution in [0.4, 0.5) is 0 Å². The van der Waals surface area contributed by atoms with Gasteiger partial charge in [-0.1, -0.05) is 0 Å². The molecule has 0 aliphatic carbocycles. The third-order valence-corrected chi connectivity index (χ3v) is 6.87. The Kier molecular flexibility index (Phi) is 8.41. The highest BCUT2D eigenvalue weighted by Crippen LogP contribution is 2.53. The Morgan fingerprint density at radius 1 is 0.889 bits per heavy atom. The van der Waals surface area contributed by atoms with Gasteiger partial charge in [0, 0.05) is 13.9 Å². The van der Waals surface area contributed by atoms with Gasteiger partial charge in [-0.3, -0.25) is 0 Å². The van der Waals surface area contributed by atoms with Crippen molar-refractivity contribution in [2.45, 2.75) is 20.8 Å². The Hall–Kier alpha value is 1.16. The first-order chi connectivity index (χ1) is 3.68. The highest BCUT2D eigenvalue weighted by molar-refractivity contribution is 7.75. The number of halogens is 1. The quantitative estimate of drug-likeness (QED) is 0.482. The van der Waals surface area contributed by atoms with Gasteiger partial charge in [0.25, 0.3) is 0 Å². The van der Waals surface area contributed by atoms with E-state index in [2.05, 4.69) is 27.4 Å². The van der Waals surface area contributed by atoms with Gasteiger partial charge in [-0.15, -0.1) is 0 Å². The summed E-state index contributed by atoms with van der Waals surface area (Å²) in [6.07, 6.45) is 4.29. The van der Waals surface area contributed by atoms with Crippen LogP contribution in [0.25, 0.3) is 0 Å². The lowest BCUT2D eigenvalue weighted by atomic mass is 10.9. The average molecular weight is 260 g/mol. The highest BCUT2D eigenvalue weighted by Gasteiger charge is 2.22. The Balaban J connectivity index is 0. The van der Waals surface area contributed by atoms with E-state index in [0.717, 1.165) is 0 Å². The van der Waals surface area contributed by atoms with Crippen molar-refractivity contribution in [1.82, 2.24) is 0 Å². The van der Waals surface area contributed by atoms with Crippen LogP contribution in [-0.2, 0) is 0 Å². The fraction of sp³-hybridized carbons (Fsp3) is 1.00. The van der Waals surface area contributed by atoms with Gasteiger partial charge in [0.2, 0.25) is 0 Å². The van der Waals surface area contributed by atoms with Crippen LogP contribution in [0, 0.1) is 0 Å². The SMILES string of the molecule is CC[P+](C)(CC)CC.[I-]. The van der Waals surface area contributed by atoms with Crippen molar-refractivity contribution in [2.24, 2.45) is 0 Å². The molecule has 0 atom stereocenters. The molecular weight excluding hydrogens is 242 g/mol. The minimum Gasteiger partial charge on any atom is -1.00 e. The number of hydrogen-bond donors (Lipinski definition) is 0. The van der Waals surface area contributed by atoms with Crippen LogP contribution in [0.1, 0.15) is 20.8 Å². The zero-order chi connectivity index (χ0) is 6.62. The van der Waals surface area contributed by atoms with Gasteiger partial charge in [0.05, 0.1) is 18.5 Å². The fourth-order valence-electron chi connectivity index (χ4n) is 0.671. The van der Waals surface area contributed by atoms with Crippen molar-refractivity contribution in [3.8, 4) is 0 Å². The molecule has 0 aromatic heterocycles. The van der Waals surface area contributed by atoms with Crippen LogP contribution >= 0.6 is 7.26 Å². The van der Waals surface area contributed by atoms with Crippen LogP contribution in [-0.4, -0.2) is 25.2 Å². The molecule has 0 heterocycles. The highest BCUT2D eigenvalue weighted by atomic mass is 127. The molecule has 0 saturated carbocycles. The molecule has 0 N–H and O–H groups in total. The first-order valence-electron chi connectivity index (χ1n) is 3.52. The summed E-state index contributed by atoms with van der Waals surface area (Å²) in [5.74, 6) is 0. The summed E-state index contributed by atoms with van der Waals surface area (Å²) >= 11 is 0. The first-order valence-corrected chi connectivity index (χ1v) is 6.31. The molecule has 0 spiro atoms. The molecule has 0 saturated heterocycles. The Bertz CT molecular complexity index is 51.7. The summed E-state index contributed by atoms with van der Waals surface area (Å²) in [5.41, 5.74) is 0. The molecule has 9 heavy (non-hydrogen) atoms. The van der Waals surface area contributed by atoms with Crippen LogP contribution in [0.15, 0.2) is 0 Å². The molecule has 0 rings (SSSR count). The maximum atomic E-state index is 2.47. The van der Waals surface area contributed by atoms with Gasteiger partial charge in [-0.05, 0) is 20.8 Å². The predicted octanol–water partition coefficient (Wildman–Crippen LogP) is -0.302. The van der Waals surface area contributed by atoms with Crippen molar-refractivity contribution >= 4 is 7.26 Å². The van der Waals surface area contributed by atoms with Crippen molar-refractivity contribution in [2.75, 3.05) is 25.2 Å². The van der Waals surface area contributed by atoms with Crippen LogP contribution in [0.3, 0.4) is 0 Å².